The molecule has 0 aromatic carbocycles. The third-order valence-corrected chi connectivity index (χ3v) is 3.10. The minimum Gasteiger partial charge on any atom is -0.433 e. The predicted molar refractivity (Wildman–Crippen MR) is 59.3 cm³/mol. The van der Waals surface area contributed by atoms with E-state index in [0.717, 1.165) is 0 Å². The van der Waals surface area contributed by atoms with Crippen molar-refractivity contribution < 1.29 is 34.7 Å². The lowest BCUT2D eigenvalue weighted by atomic mass is 9.99. The van der Waals surface area contributed by atoms with Gasteiger partial charge in [0.15, 0.2) is 0 Å². The largest absolute Gasteiger partial charge is 0.433 e. The van der Waals surface area contributed by atoms with Gasteiger partial charge in [-0.25, -0.2) is 0 Å². The predicted octanol–water partition coefficient (Wildman–Crippen LogP) is -1.62. The quantitative estimate of drug-likeness (QED) is 0.451. The molecule has 4 N–H and O–H groups in total. The van der Waals surface area contributed by atoms with E-state index in [2.05, 4.69) is 0 Å². The zero-order valence-electron chi connectivity index (χ0n) is 10.4. The molecule has 106 valence electrons. The van der Waals surface area contributed by atoms with Crippen LogP contribution in [-0.2, 0) is 14.3 Å². The Morgan fingerprint density at radius 1 is 1.28 bits per heavy atom. The Kier molecular flexibility index (Phi) is 5.48. The summed E-state index contributed by atoms with van der Waals surface area (Å²) in [7, 11) is 0. The van der Waals surface area contributed by atoms with Crippen molar-refractivity contribution in [3.63, 3.8) is 0 Å². The van der Waals surface area contributed by atoms with Crippen molar-refractivity contribution in [2.75, 3.05) is 6.61 Å². The lowest BCUT2D eigenvalue weighted by Gasteiger charge is -2.39. The van der Waals surface area contributed by atoms with E-state index in [9.17, 15) is 20.1 Å². The van der Waals surface area contributed by atoms with Crippen LogP contribution in [-0.4, -0.2) is 63.7 Å². The smallest absolute Gasteiger partial charge is 0.311 e. The monoisotopic (exact) mass is 264 g/mol. The molecule has 18 heavy (non-hydrogen) atoms. The van der Waals surface area contributed by atoms with Crippen molar-refractivity contribution in [3.8, 4) is 0 Å². The fourth-order valence-electron chi connectivity index (χ4n) is 1.56. The first-order valence-electron chi connectivity index (χ1n) is 5.93. The first-order chi connectivity index (χ1) is 8.42. The van der Waals surface area contributed by atoms with Gasteiger partial charge < -0.3 is 29.9 Å². The topological polar surface area (TPSA) is 116 Å². The Balaban J connectivity index is 2.67. The molecule has 1 fully saturated rings. The molecule has 0 aromatic rings. The molecule has 1 unspecified atom stereocenters. The number of carbonyl (C=O) groups excluding carboxylic acids is 1. The highest BCUT2D eigenvalue weighted by Gasteiger charge is 2.45. The Hall–Kier alpha value is -0.730. The van der Waals surface area contributed by atoms with Crippen molar-refractivity contribution in [2.24, 2.45) is 5.92 Å². The van der Waals surface area contributed by atoms with Crippen molar-refractivity contribution in [1.82, 2.24) is 0 Å². The maximum atomic E-state index is 11.6. The number of esters is 1. The van der Waals surface area contributed by atoms with Gasteiger partial charge in [-0.2, -0.15) is 0 Å². The second kappa shape index (κ2) is 6.44. The first-order valence-corrected chi connectivity index (χ1v) is 5.93. The highest BCUT2D eigenvalue weighted by molar-refractivity contribution is 5.72. The number of hydrogen-bond donors (Lipinski definition) is 4. The van der Waals surface area contributed by atoms with Crippen LogP contribution < -0.4 is 0 Å². The molecule has 1 aliphatic heterocycles. The van der Waals surface area contributed by atoms with Crippen LogP contribution in [0, 0.1) is 5.92 Å². The number of ether oxygens (including phenoxy) is 2. The van der Waals surface area contributed by atoms with Crippen LogP contribution >= 0.6 is 0 Å². The molecule has 0 aliphatic carbocycles. The van der Waals surface area contributed by atoms with E-state index < -0.39 is 43.3 Å². The zero-order valence-corrected chi connectivity index (χ0v) is 10.4. The maximum Gasteiger partial charge on any atom is 0.311 e. The van der Waals surface area contributed by atoms with E-state index in [4.69, 9.17) is 14.6 Å². The Bertz CT molecular complexity index is 281. The SMILES string of the molecule is CCC(C)C(=O)O[C@@H]1O[C@H](CO)[C@@H](O)[C@H](O)[C@H]1O. The van der Waals surface area contributed by atoms with E-state index in [1.54, 1.807) is 13.8 Å². The summed E-state index contributed by atoms with van der Waals surface area (Å²) in [5.41, 5.74) is 0. The van der Waals surface area contributed by atoms with Crippen LogP contribution in [0.1, 0.15) is 20.3 Å². The average Bonchev–Trinajstić information content (AvgIpc) is 2.38. The van der Waals surface area contributed by atoms with Gasteiger partial charge in [-0.3, -0.25) is 4.79 Å². The number of aliphatic hydroxyl groups excluding tert-OH is 4. The number of aliphatic hydroxyl groups is 4. The van der Waals surface area contributed by atoms with Crippen LogP contribution in [0.3, 0.4) is 0 Å². The summed E-state index contributed by atoms with van der Waals surface area (Å²) >= 11 is 0. The van der Waals surface area contributed by atoms with Crippen LogP contribution in [0.25, 0.3) is 0 Å². The standard InChI is InChI=1S/C11H20O7/c1-3-5(2)10(16)18-11-9(15)8(14)7(13)6(4-12)17-11/h5-9,11-15H,3-4H2,1-2H3/t5?,6-,7-,8+,9-,11+/m1/s1. The lowest BCUT2D eigenvalue weighted by Crippen LogP contribution is -2.59. The third-order valence-electron chi connectivity index (χ3n) is 3.10. The molecule has 6 atom stereocenters. The molecule has 0 amide bonds. The number of rotatable bonds is 4. The van der Waals surface area contributed by atoms with Gasteiger partial charge in [0.25, 0.3) is 0 Å². The summed E-state index contributed by atoms with van der Waals surface area (Å²) in [5.74, 6) is -0.931. The average molecular weight is 264 g/mol. The van der Waals surface area contributed by atoms with Crippen molar-refractivity contribution in [2.45, 2.75) is 51.0 Å². The molecule has 1 aliphatic rings. The maximum absolute atomic E-state index is 11.6. The minimum absolute atomic E-state index is 0.364. The Morgan fingerprint density at radius 2 is 1.89 bits per heavy atom. The molecule has 1 heterocycles. The van der Waals surface area contributed by atoms with Gasteiger partial charge in [0, 0.05) is 0 Å². The second-order valence-corrected chi connectivity index (χ2v) is 4.44. The normalized spacial score (nSPS) is 38.2. The molecule has 7 heteroatoms. The fraction of sp³-hybridized carbons (Fsp3) is 0.909. The van der Waals surface area contributed by atoms with Gasteiger partial charge in [0.2, 0.25) is 6.29 Å². The highest BCUT2D eigenvalue weighted by Crippen LogP contribution is 2.22. The van der Waals surface area contributed by atoms with Crippen LogP contribution in [0.15, 0.2) is 0 Å². The van der Waals surface area contributed by atoms with Gasteiger partial charge in [-0.05, 0) is 6.42 Å². The molecule has 0 saturated carbocycles. The minimum atomic E-state index is -1.55. The summed E-state index contributed by atoms with van der Waals surface area (Å²) in [6, 6.07) is 0. The Morgan fingerprint density at radius 3 is 2.39 bits per heavy atom. The molecular formula is C11H20O7. The molecule has 0 radical (unpaired) electrons. The molecule has 0 bridgehead atoms. The molecule has 0 spiro atoms. The summed E-state index contributed by atoms with van der Waals surface area (Å²) in [4.78, 5) is 11.6. The first kappa shape index (κ1) is 15.3. The number of carbonyl (C=O) groups is 1. The summed E-state index contributed by atoms with van der Waals surface area (Å²) in [5, 5.41) is 37.6. The van der Waals surface area contributed by atoms with Crippen molar-refractivity contribution in [3.05, 3.63) is 0 Å². The van der Waals surface area contributed by atoms with Gasteiger partial charge >= 0.3 is 5.97 Å². The van der Waals surface area contributed by atoms with E-state index >= 15 is 0 Å². The van der Waals surface area contributed by atoms with E-state index in [1.807, 2.05) is 0 Å². The number of hydrogen-bond acceptors (Lipinski definition) is 7. The molecule has 0 aromatic heterocycles. The van der Waals surface area contributed by atoms with Gasteiger partial charge in [-0.1, -0.05) is 13.8 Å². The zero-order chi connectivity index (χ0) is 13.9. The third kappa shape index (κ3) is 3.18. The second-order valence-electron chi connectivity index (χ2n) is 4.44. The molecule has 1 rings (SSSR count). The molecule has 7 nitrogen and oxygen atoms in total. The van der Waals surface area contributed by atoms with Gasteiger partial charge in [0.1, 0.15) is 24.4 Å². The van der Waals surface area contributed by atoms with Crippen LogP contribution in [0.5, 0.6) is 0 Å². The Labute approximate surface area is 105 Å². The lowest BCUT2D eigenvalue weighted by molar-refractivity contribution is -0.293. The summed E-state index contributed by atoms with van der Waals surface area (Å²) in [6.45, 7) is 2.91. The van der Waals surface area contributed by atoms with Crippen LogP contribution in [0.4, 0.5) is 0 Å². The van der Waals surface area contributed by atoms with E-state index in [-0.39, 0.29) is 5.92 Å². The summed E-state index contributed by atoms with van der Waals surface area (Å²) < 4.78 is 9.96. The van der Waals surface area contributed by atoms with Gasteiger partial charge in [-0.15, -0.1) is 0 Å². The van der Waals surface area contributed by atoms with E-state index in [1.165, 1.54) is 0 Å². The van der Waals surface area contributed by atoms with Gasteiger partial charge in [0.05, 0.1) is 12.5 Å². The molecular weight excluding hydrogens is 244 g/mol. The summed E-state index contributed by atoms with van der Waals surface area (Å²) in [6.07, 6.45) is -6.43. The van der Waals surface area contributed by atoms with Crippen molar-refractivity contribution >= 4 is 5.97 Å². The molecule has 1 saturated heterocycles. The van der Waals surface area contributed by atoms with E-state index in [0.29, 0.717) is 6.42 Å². The highest BCUT2D eigenvalue weighted by atomic mass is 16.7. The van der Waals surface area contributed by atoms with Crippen LogP contribution in [0.2, 0.25) is 0 Å². The fourth-order valence-corrected chi connectivity index (χ4v) is 1.56. The van der Waals surface area contributed by atoms with Crippen molar-refractivity contribution in [1.29, 1.82) is 0 Å².